The van der Waals surface area contributed by atoms with Crippen LogP contribution < -0.4 is 16.0 Å². The molecule has 2 aromatic rings. The average molecular weight is 404 g/mol. The van der Waals surface area contributed by atoms with Crippen molar-refractivity contribution in [2.45, 2.75) is 37.4 Å². The maximum absolute atomic E-state index is 12.7. The van der Waals surface area contributed by atoms with Crippen LogP contribution in [0.4, 0.5) is 5.69 Å². The molecule has 2 amide bonds. The third-order valence-electron chi connectivity index (χ3n) is 5.78. The molecule has 7 nitrogen and oxygen atoms in total. The molecule has 0 saturated carbocycles. The molecule has 1 saturated heterocycles. The predicted molar refractivity (Wildman–Crippen MR) is 112 cm³/mol. The quantitative estimate of drug-likeness (QED) is 0.791. The van der Waals surface area contributed by atoms with Gasteiger partial charge < -0.3 is 20.7 Å². The number of hydrogen-bond acceptors (Lipinski definition) is 5. The number of carbonyl (C=O) groups excluding carboxylic acids is 2. The summed E-state index contributed by atoms with van der Waals surface area (Å²) < 4.78 is 5.28. The van der Waals surface area contributed by atoms with E-state index < -0.39 is 11.6 Å². The number of hydrogen-bond donors (Lipinski definition) is 2. The average Bonchev–Trinajstić information content (AvgIpc) is 3.10. The van der Waals surface area contributed by atoms with Crippen LogP contribution in [-0.2, 0) is 22.5 Å². The number of amides is 2. The van der Waals surface area contributed by atoms with Gasteiger partial charge in [-0.25, -0.2) is 0 Å². The summed E-state index contributed by atoms with van der Waals surface area (Å²) in [5.41, 5.74) is 8.56. The number of carbonyl (C=O) groups is 2. The molecule has 2 heterocycles. The number of nitrogens with zero attached hydrogens (tertiary/aromatic N) is 2. The SMILES string of the molecule is N#C[C@H](Cc1ccc2c(c1)CN(c1ccccc1)C2=O)NC(=O)C1(N)CCOCC1. The zero-order valence-corrected chi connectivity index (χ0v) is 16.6. The van der Waals surface area contributed by atoms with Gasteiger partial charge in [0.25, 0.3) is 5.91 Å². The van der Waals surface area contributed by atoms with Gasteiger partial charge in [0.1, 0.15) is 6.04 Å². The molecular weight excluding hydrogens is 380 g/mol. The molecule has 1 atom stereocenters. The van der Waals surface area contributed by atoms with Crippen LogP contribution in [-0.4, -0.2) is 36.6 Å². The van der Waals surface area contributed by atoms with Gasteiger partial charge in [-0.05, 0) is 42.2 Å². The van der Waals surface area contributed by atoms with Crippen LogP contribution in [0.5, 0.6) is 0 Å². The van der Waals surface area contributed by atoms with Crippen LogP contribution in [0.15, 0.2) is 48.5 Å². The maximum atomic E-state index is 12.7. The van der Waals surface area contributed by atoms with Crippen molar-refractivity contribution in [3.8, 4) is 6.07 Å². The van der Waals surface area contributed by atoms with Gasteiger partial charge in [0.05, 0.1) is 18.2 Å². The number of rotatable bonds is 5. The first-order valence-corrected chi connectivity index (χ1v) is 10.1. The highest BCUT2D eigenvalue weighted by molar-refractivity contribution is 6.10. The summed E-state index contributed by atoms with van der Waals surface area (Å²) in [6.07, 6.45) is 1.22. The van der Waals surface area contributed by atoms with E-state index in [9.17, 15) is 14.9 Å². The molecule has 4 rings (SSSR count). The highest BCUT2D eigenvalue weighted by Gasteiger charge is 2.37. The number of ether oxygens (including phenoxy) is 1. The fraction of sp³-hybridized carbons (Fsp3) is 0.348. The van der Waals surface area contributed by atoms with Gasteiger partial charge in [-0.3, -0.25) is 9.59 Å². The first kappa shape index (κ1) is 20.1. The lowest BCUT2D eigenvalue weighted by Crippen LogP contribution is -2.58. The normalized spacial score (nSPS) is 18.4. The Morgan fingerprint density at radius 1 is 1.23 bits per heavy atom. The monoisotopic (exact) mass is 404 g/mol. The van der Waals surface area contributed by atoms with Crippen molar-refractivity contribution < 1.29 is 14.3 Å². The second kappa shape index (κ2) is 8.27. The van der Waals surface area contributed by atoms with Crippen molar-refractivity contribution in [2.75, 3.05) is 18.1 Å². The van der Waals surface area contributed by atoms with Crippen molar-refractivity contribution in [3.63, 3.8) is 0 Å². The molecule has 154 valence electrons. The summed E-state index contributed by atoms with van der Waals surface area (Å²) in [4.78, 5) is 27.1. The van der Waals surface area contributed by atoms with E-state index in [2.05, 4.69) is 11.4 Å². The van der Waals surface area contributed by atoms with Crippen molar-refractivity contribution >= 4 is 17.5 Å². The summed E-state index contributed by atoms with van der Waals surface area (Å²) in [5.74, 6) is -0.346. The molecule has 2 aliphatic rings. The summed E-state index contributed by atoms with van der Waals surface area (Å²) in [6, 6.07) is 16.6. The molecule has 2 aliphatic heterocycles. The van der Waals surface area contributed by atoms with Gasteiger partial charge in [-0.2, -0.15) is 5.26 Å². The van der Waals surface area contributed by atoms with Crippen LogP contribution in [0.2, 0.25) is 0 Å². The molecule has 0 aliphatic carbocycles. The van der Waals surface area contributed by atoms with Gasteiger partial charge in [-0.15, -0.1) is 0 Å². The van der Waals surface area contributed by atoms with Crippen LogP contribution >= 0.6 is 0 Å². The van der Waals surface area contributed by atoms with E-state index >= 15 is 0 Å². The van der Waals surface area contributed by atoms with Crippen molar-refractivity contribution in [1.82, 2.24) is 5.32 Å². The Morgan fingerprint density at radius 3 is 2.67 bits per heavy atom. The molecule has 1 fully saturated rings. The van der Waals surface area contributed by atoms with Gasteiger partial charge in [0.15, 0.2) is 0 Å². The Labute approximate surface area is 175 Å². The van der Waals surface area contributed by atoms with E-state index in [-0.39, 0.29) is 11.8 Å². The van der Waals surface area contributed by atoms with E-state index in [0.717, 1.165) is 16.8 Å². The van der Waals surface area contributed by atoms with E-state index in [0.29, 0.717) is 44.6 Å². The van der Waals surface area contributed by atoms with Crippen molar-refractivity contribution in [2.24, 2.45) is 5.73 Å². The highest BCUT2D eigenvalue weighted by Crippen LogP contribution is 2.29. The van der Waals surface area contributed by atoms with Gasteiger partial charge in [0.2, 0.25) is 5.91 Å². The van der Waals surface area contributed by atoms with E-state index in [1.807, 2.05) is 42.5 Å². The van der Waals surface area contributed by atoms with E-state index in [4.69, 9.17) is 10.5 Å². The Kier molecular flexibility index (Phi) is 5.53. The number of nitrogens with two attached hydrogens (primary N) is 1. The third kappa shape index (κ3) is 3.92. The first-order valence-electron chi connectivity index (χ1n) is 10.1. The van der Waals surface area contributed by atoms with Gasteiger partial charge in [-0.1, -0.05) is 30.3 Å². The topological polar surface area (TPSA) is 108 Å². The van der Waals surface area contributed by atoms with Crippen molar-refractivity contribution in [1.29, 1.82) is 5.26 Å². The van der Waals surface area contributed by atoms with Crippen LogP contribution in [0, 0.1) is 11.3 Å². The van der Waals surface area contributed by atoms with Crippen molar-refractivity contribution in [3.05, 3.63) is 65.2 Å². The van der Waals surface area contributed by atoms with Crippen LogP contribution in [0.25, 0.3) is 0 Å². The van der Waals surface area contributed by atoms with Crippen LogP contribution in [0.1, 0.15) is 34.3 Å². The standard InChI is InChI=1S/C23H24N4O3/c24-14-18(26-22(29)23(25)8-10-30-11-9-23)13-16-6-7-20-17(12-16)15-27(21(20)28)19-4-2-1-3-5-19/h1-7,12,18H,8-11,13,15,25H2,(H,26,29)/t18-/m0/s1. The fourth-order valence-electron chi connectivity index (χ4n) is 3.95. The molecular formula is C23H24N4O3. The molecule has 3 N–H and O–H groups in total. The molecule has 0 spiro atoms. The number of benzene rings is 2. The molecule has 7 heteroatoms. The number of anilines is 1. The Balaban J connectivity index is 1.45. The number of nitriles is 1. The Hall–Kier alpha value is -3.21. The Bertz CT molecular complexity index is 993. The minimum atomic E-state index is -0.992. The number of para-hydroxylation sites is 1. The third-order valence-corrected chi connectivity index (χ3v) is 5.78. The first-order chi connectivity index (χ1) is 14.5. The molecule has 30 heavy (non-hydrogen) atoms. The number of fused-ring (bicyclic) bond motifs is 1. The Morgan fingerprint density at radius 2 is 1.97 bits per heavy atom. The van der Waals surface area contributed by atoms with E-state index in [1.54, 1.807) is 11.0 Å². The van der Waals surface area contributed by atoms with E-state index in [1.165, 1.54) is 0 Å². The van der Waals surface area contributed by atoms with Crippen LogP contribution in [0.3, 0.4) is 0 Å². The number of nitrogens with one attached hydrogen (secondary N) is 1. The lowest BCUT2D eigenvalue weighted by molar-refractivity contribution is -0.130. The van der Waals surface area contributed by atoms with Gasteiger partial charge >= 0.3 is 0 Å². The molecule has 0 unspecified atom stereocenters. The molecule has 0 bridgehead atoms. The zero-order chi connectivity index (χ0) is 21.1. The second-order valence-corrected chi connectivity index (χ2v) is 7.85. The minimum Gasteiger partial charge on any atom is -0.381 e. The smallest absolute Gasteiger partial charge is 0.258 e. The minimum absolute atomic E-state index is 0.0301. The fourth-order valence-corrected chi connectivity index (χ4v) is 3.95. The lowest BCUT2D eigenvalue weighted by Gasteiger charge is -2.32. The molecule has 0 radical (unpaired) electrons. The lowest BCUT2D eigenvalue weighted by atomic mass is 9.90. The summed E-state index contributed by atoms with van der Waals surface area (Å²) in [6.45, 7) is 1.37. The second-order valence-electron chi connectivity index (χ2n) is 7.85. The maximum Gasteiger partial charge on any atom is 0.258 e. The molecule has 2 aromatic carbocycles. The summed E-state index contributed by atoms with van der Waals surface area (Å²) in [5, 5.41) is 12.3. The van der Waals surface area contributed by atoms with Gasteiger partial charge in [0, 0.05) is 30.9 Å². The summed E-state index contributed by atoms with van der Waals surface area (Å²) >= 11 is 0. The molecule has 0 aromatic heterocycles. The highest BCUT2D eigenvalue weighted by atomic mass is 16.5. The largest absolute Gasteiger partial charge is 0.381 e. The zero-order valence-electron chi connectivity index (χ0n) is 16.6. The predicted octanol–water partition coefficient (Wildman–Crippen LogP) is 1.91. The summed E-state index contributed by atoms with van der Waals surface area (Å²) in [7, 11) is 0.